The van der Waals surface area contributed by atoms with Gasteiger partial charge in [-0.1, -0.05) is 6.07 Å². The number of benzene rings is 1. The van der Waals surface area contributed by atoms with Gasteiger partial charge in [0.2, 0.25) is 5.91 Å². The number of amides is 1. The van der Waals surface area contributed by atoms with E-state index in [1.54, 1.807) is 0 Å². The number of aromatic nitrogens is 1. The number of hydrogen-bond donors (Lipinski definition) is 1. The lowest BCUT2D eigenvalue weighted by Crippen LogP contribution is -2.28. The molecule has 2 aromatic rings. The van der Waals surface area contributed by atoms with Crippen LogP contribution in [0.3, 0.4) is 0 Å². The molecule has 0 unspecified atom stereocenters. The lowest BCUT2D eigenvalue weighted by Gasteiger charge is -2.20. The van der Waals surface area contributed by atoms with Gasteiger partial charge in [-0.05, 0) is 56.4 Å². The summed E-state index contributed by atoms with van der Waals surface area (Å²) in [4.78, 5) is 16.9. The molecule has 0 bridgehead atoms. The van der Waals surface area contributed by atoms with Gasteiger partial charge in [0.05, 0.1) is 5.69 Å². The third-order valence-electron chi connectivity index (χ3n) is 4.44. The maximum atomic E-state index is 12.3. The Hall–Kier alpha value is -1.72. The minimum atomic E-state index is 0.0412. The van der Waals surface area contributed by atoms with Crippen molar-refractivity contribution in [2.24, 2.45) is 5.92 Å². The molecule has 1 fully saturated rings. The van der Waals surface area contributed by atoms with Gasteiger partial charge >= 0.3 is 0 Å². The van der Waals surface area contributed by atoms with Gasteiger partial charge < -0.3 is 10.1 Å². The van der Waals surface area contributed by atoms with Crippen LogP contribution in [0, 0.1) is 26.7 Å². The Morgan fingerprint density at radius 1 is 1.17 bits per heavy atom. The molecule has 3 rings (SSSR count). The third-order valence-corrected chi connectivity index (χ3v) is 5.20. The van der Waals surface area contributed by atoms with Crippen LogP contribution in [-0.4, -0.2) is 24.1 Å². The molecule has 0 aliphatic carbocycles. The van der Waals surface area contributed by atoms with Crippen molar-refractivity contribution >= 4 is 22.4 Å². The molecule has 122 valence electrons. The second-order valence-electron chi connectivity index (χ2n) is 6.17. The molecule has 23 heavy (non-hydrogen) atoms. The second-order valence-corrected chi connectivity index (χ2v) is 7.02. The van der Waals surface area contributed by atoms with Crippen molar-refractivity contribution in [3.05, 3.63) is 34.2 Å². The van der Waals surface area contributed by atoms with Crippen molar-refractivity contribution in [3.8, 4) is 11.3 Å². The molecule has 0 saturated carbocycles. The Bertz CT molecular complexity index is 718. The topological polar surface area (TPSA) is 51.2 Å². The predicted octanol–water partition coefficient (Wildman–Crippen LogP) is 4.10. The zero-order valence-corrected chi connectivity index (χ0v) is 14.6. The van der Waals surface area contributed by atoms with Crippen molar-refractivity contribution < 1.29 is 9.53 Å². The Morgan fingerprint density at radius 2 is 1.87 bits per heavy atom. The number of rotatable bonds is 3. The Morgan fingerprint density at radius 3 is 2.61 bits per heavy atom. The van der Waals surface area contributed by atoms with Gasteiger partial charge in [-0.15, -0.1) is 11.3 Å². The number of nitrogens with one attached hydrogen (secondary N) is 1. The van der Waals surface area contributed by atoms with Crippen LogP contribution in [0.4, 0.5) is 5.13 Å². The van der Waals surface area contributed by atoms with Crippen LogP contribution in [-0.2, 0) is 9.53 Å². The molecule has 2 heterocycles. The zero-order valence-electron chi connectivity index (χ0n) is 13.8. The van der Waals surface area contributed by atoms with E-state index in [9.17, 15) is 4.79 Å². The maximum absolute atomic E-state index is 12.3. The first-order chi connectivity index (χ1) is 11.0. The molecule has 1 aliphatic heterocycles. The minimum Gasteiger partial charge on any atom is -0.381 e. The van der Waals surface area contributed by atoms with Crippen molar-refractivity contribution in [2.75, 3.05) is 18.5 Å². The van der Waals surface area contributed by atoms with Crippen LogP contribution in [0.25, 0.3) is 11.3 Å². The van der Waals surface area contributed by atoms with E-state index < -0.39 is 0 Å². The number of carbonyl (C=O) groups excluding carboxylic acids is 1. The molecule has 0 radical (unpaired) electrons. The smallest absolute Gasteiger partial charge is 0.229 e. The van der Waals surface area contributed by atoms with Crippen molar-refractivity contribution in [2.45, 2.75) is 33.6 Å². The van der Waals surface area contributed by atoms with E-state index >= 15 is 0 Å². The molecule has 1 aromatic carbocycles. The highest BCUT2D eigenvalue weighted by Crippen LogP contribution is 2.30. The van der Waals surface area contributed by atoms with E-state index in [0.717, 1.165) is 24.1 Å². The number of ether oxygens (including phenoxy) is 1. The summed E-state index contributed by atoms with van der Waals surface area (Å²) < 4.78 is 5.30. The number of aryl methyl sites for hydroxylation is 3. The molecule has 5 heteroatoms. The highest BCUT2D eigenvalue weighted by atomic mass is 32.1. The standard InChI is InChI=1S/C18H22N2O2S/c1-11-8-13(3)15(9-12(11)2)16-10-23-18(19-16)20-17(21)14-4-6-22-7-5-14/h8-10,14H,4-7H2,1-3H3,(H,19,20,21). The van der Waals surface area contributed by atoms with E-state index in [1.807, 2.05) is 5.38 Å². The fraction of sp³-hybridized carbons (Fsp3) is 0.444. The van der Waals surface area contributed by atoms with E-state index in [1.165, 1.54) is 28.0 Å². The fourth-order valence-electron chi connectivity index (χ4n) is 2.86. The molecule has 1 saturated heterocycles. The normalized spacial score (nSPS) is 15.6. The monoisotopic (exact) mass is 330 g/mol. The number of hydrogen-bond acceptors (Lipinski definition) is 4. The van der Waals surface area contributed by atoms with Gasteiger partial charge in [-0.25, -0.2) is 4.98 Å². The highest BCUT2D eigenvalue weighted by Gasteiger charge is 2.22. The van der Waals surface area contributed by atoms with Gasteiger partial charge in [0.1, 0.15) is 0 Å². The Kier molecular flexibility index (Phi) is 4.78. The van der Waals surface area contributed by atoms with Gasteiger partial charge in [0, 0.05) is 30.1 Å². The molecule has 1 aromatic heterocycles. The quantitative estimate of drug-likeness (QED) is 0.922. The fourth-order valence-corrected chi connectivity index (χ4v) is 3.57. The Labute approximate surface area is 140 Å². The van der Waals surface area contributed by atoms with Crippen LogP contribution in [0.5, 0.6) is 0 Å². The number of anilines is 1. The summed E-state index contributed by atoms with van der Waals surface area (Å²) in [6.45, 7) is 7.67. The average Bonchev–Trinajstić information content (AvgIpc) is 3.00. The second kappa shape index (κ2) is 6.81. The first-order valence-corrected chi connectivity index (χ1v) is 8.85. The number of thiazole rings is 1. The summed E-state index contributed by atoms with van der Waals surface area (Å²) in [6, 6.07) is 4.36. The van der Waals surface area contributed by atoms with E-state index in [4.69, 9.17) is 4.74 Å². The molecular formula is C18H22N2O2S. The lowest BCUT2D eigenvalue weighted by molar-refractivity contribution is -0.122. The van der Waals surface area contributed by atoms with Crippen LogP contribution in [0.1, 0.15) is 29.5 Å². The van der Waals surface area contributed by atoms with Crippen LogP contribution < -0.4 is 5.32 Å². The van der Waals surface area contributed by atoms with Crippen molar-refractivity contribution in [1.29, 1.82) is 0 Å². The molecule has 4 nitrogen and oxygen atoms in total. The predicted molar refractivity (Wildman–Crippen MR) is 93.9 cm³/mol. The van der Waals surface area contributed by atoms with Gasteiger partial charge in [0.25, 0.3) is 0 Å². The van der Waals surface area contributed by atoms with Crippen LogP contribution in [0.15, 0.2) is 17.5 Å². The molecule has 1 amide bonds. The van der Waals surface area contributed by atoms with E-state index in [2.05, 4.69) is 43.2 Å². The molecule has 0 atom stereocenters. The van der Waals surface area contributed by atoms with Gasteiger partial charge in [-0.3, -0.25) is 4.79 Å². The highest BCUT2D eigenvalue weighted by molar-refractivity contribution is 7.14. The van der Waals surface area contributed by atoms with Crippen molar-refractivity contribution in [1.82, 2.24) is 4.98 Å². The SMILES string of the molecule is Cc1cc(C)c(-c2csc(NC(=O)C3CCOCC3)n2)cc1C. The van der Waals surface area contributed by atoms with Gasteiger partial charge in [0.15, 0.2) is 5.13 Å². The average molecular weight is 330 g/mol. The third kappa shape index (κ3) is 3.62. The molecule has 0 spiro atoms. The summed E-state index contributed by atoms with van der Waals surface area (Å²) >= 11 is 1.48. The largest absolute Gasteiger partial charge is 0.381 e. The lowest BCUT2D eigenvalue weighted by atomic mass is 9.99. The van der Waals surface area contributed by atoms with Gasteiger partial charge in [-0.2, -0.15) is 0 Å². The summed E-state index contributed by atoms with van der Waals surface area (Å²) in [7, 11) is 0. The first-order valence-electron chi connectivity index (χ1n) is 7.97. The molecular weight excluding hydrogens is 308 g/mol. The van der Waals surface area contributed by atoms with E-state index in [0.29, 0.717) is 18.3 Å². The summed E-state index contributed by atoms with van der Waals surface area (Å²) in [5, 5.41) is 5.65. The van der Waals surface area contributed by atoms with Crippen LogP contribution >= 0.6 is 11.3 Å². The number of carbonyl (C=O) groups is 1. The van der Waals surface area contributed by atoms with Crippen molar-refractivity contribution in [3.63, 3.8) is 0 Å². The molecule has 1 N–H and O–H groups in total. The Balaban J connectivity index is 1.75. The minimum absolute atomic E-state index is 0.0412. The van der Waals surface area contributed by atoms with Crippen LogP contribution in [0.2, 0.25) is 0 Å². The molecule has 1 aliphatic rings. The maximum Gasteiger partial charge on any atom is 0.229 e. The first kappa shape index (κ1) is 16.1. The zero-order chi connectivity index (χ0) is 16.4. The summed E-state index contributed by atoms with van der Waals surface area (Å²) in [5.41, 5.74) is 5.82. The number of nitrogens with zero attached hydrogens (tertiary/aromatic N) is 1. The summed E-state index contributed by atoms with van der Waals surface area (Å²) in [5.74, 6) is 0.102. The summed E-state index contributed by atoms with van der Waals surface area (Å²) in [6.07, 6.45) is 1.58. The van der Waals surface area contributed by atoms with E-state index in [-0.39, 0.29) is 11.8 Å².